The molecule has 136 valence electrons. The maximum atomic E-state index is 10.5. The lowest BCUT2D eigenvalue weighted by Gasteiger charge is -2.18. The van der Waals surface area contributed by atoms with Crippen LogP contribution in [0.1, 0.15) is 38.5 Å². The van der Waals surface area contributed by atoms with Gasteiger partial charge in [0.2, 0.25) is 0 Å². The maximum absolute atomic E-state index is 10.5. The third-order valence-electron chi connectivity index (χ3n) is 4.38. The fourth-order valence-electron chi connectivity index (χ4n) is 3.05. The highest BCUT2D eigenvalue weighted by Crippen LogP contribution is 2.37. The van der Waals surface area contributed by atoms with Crippen LogP contribution in [0.2, 0.25) is 10.0 Å². The van der Waals surface area contributed by atoms with Gasteiger partial charge in [-0.25, -0.2) is 0 Å². The van der Waals surface area contributed by atoms with E-state index in [0.717, 1.165) is 36.3 Å². The van der Waals surface area contributed by atoms with Gasteiger partial charge in [-0.2, -0.15) is 0 Å². The van der Waals surface area contributed by atoms with Crippen LogP contribution in [0.4, 0.5) is 0 Å². The van der Waals surface area contributed by atoms with Gasteiger partial charge >= 0.3 is 5.97 Å². The third-order valence-corrected chi connectivity index (χ3v) is 6.41. The zero-order valence-corrected chi connectivity index (χ0v) is 17.1. The number of carboxylic acid groups (broad SMARTS) is 1. The highest BCUT2D eigenvalue weighted by molar-refractivity contribution is 7.99. The monoisotopic (exact) mass is 416 g/mol. The van der Waals surface area contributed by atoms with E-state index in [2.05, 4.69) is 12.2 Å². The van der Waals surface area contributed by atoms with Crippen molar-refractivity contribution in [2.75, 3.05) is 5.75 Å². The normalized spacial score (nSPS) is 20.5. The zero-order chi connectivity index (χ0) is 18.2. The van der Waals surface area contributed by atoms with Crippen molar-refractivity contribution in [2.24, 2.45) is 11.8 Å². The molecule has 2 atom stereocenters. The number of benzene rings is 1. The SMILES string of the molecule is O=C(O)CCCC=CC[C@H]1CCC(=S)[C@@H]1CSc1cc(Cl)cc(Cl)c1. The van der Waals surface area contributed by atoms with E-state index in [1.54, 1.807) is 17.8 Å². The van der Waals surface area contributed by atoms with Crippen molar-refractivity contribution in [3.05, 3.63) is 40.4 Å². The Balaban J connectivity index is 1.82. The molecule has 0 saturated heterocycles. The second kappa shape index (κ2) is 10.6. The molecule has 0 radical (unpaired) electrons. The Morgan fingerprint density at radius 3 is 2.68 bits per heavy atom. The summed E-state index contributed by atoms with van der Waals surface area (Å²) in [5.41, 5.74) is 0. The summed E-state index contributed by atoms with van der Waals surface area (Å²) in [6.07, 6.45) is 9.22. The standard InChI is InChI=1S/C19H22Cl2O2S2/c20-14-9-15(21)11-16(10-14)25-12-17-13(7-8-18(17)24)5-3-1-2-4-6-19(22)23/h1,3,9-11,13,17H,2,4-8,12H2,(H,22,23)/t13-,17+/m0/s1. The number of hydrogen-bond donors (Lipinski definition) is 1. The molecule has 1 aromatic rings. The van der Waals surface area contributed by atoms with Crippen molar-refractivity contribution in [1.29, 1.82) is 0 Å². The molecule has 25 heavy (non-hydrogen) atoms. The lowest BCUT2D eigenvalue weighted by molar-refractivity contribution is -0.137. The molecule has 2 nitrogen and oxygen atoms in total. The molecule has 1 aromatic carbocycles. The number of thiocarbonyl (C=S) groups is 1. The van der Waals surface area contributed by atoms with Gasteiger partial charge in [0, 0.05) is 33.0 Å². The van der Waals surface area contributed by atoms with Crippen LogP contribution >= 0.6 is 47.2 Å². The average Bonchev–Trinajstić information content (AvgIpc) is 2.87. The van der Waals surface area contributed by atoms with Gasteiger partial charge in [0.1, 0.15) is 0 Å². The zero-order valence-electron chi connectivity index (χ0n) is 13.9. The summed E-state index contributed by atoms with van der Waals surface area (Å²) in [7, 11) is 0. The largest absolute Gasteiger partial charge is 0.481 e. The first-order valence-electron chi connectivity index (χ1n) is 8.44. The molecule has 6 heteroatoms. The van der Waals surface area contributed by atoms with Crippen LogP contribution in [0.5, 0.6) is 0 Å². The molecule has 0 bridgehead atoms. The molecule has 1 aliphatic rings. The number of carbonyl (C=O) groups is 1. The van der Waals surface area contributed by atoms with Crippen molar-refractivity contribution >= 4 is 58.0 Å². The van der Waals surface area contributed by atoms with Crippen LogP contribution in [0, 0.1) is 11.8 Å². The number of halogens is 2. The Morgan fingerprint density at radius 1 is 1.28 bits per heavy atom. The summed E-state index contributed by atoms with van der Waals surface area (Å²) >= 11 is 19.5. The number of hydrogen-bond acceptors (Lipinski definition) is 3. The van der Waals surface area contributed by atoms with Crippen LogP contribution in [0.15, 0.2) is 35.2 Å². The van der Waals surface area contributed by atoms with E-state index in [1.165, 1.54) is 4.86 Å². The molecule has 1 aliphatic carbocycles. The predicted octanol–water partition coefficient (Wildman–Crippen LogP) is 6.68. The first-order chi connectivity index (χ1) is 12.0. The third kappa shape index (κ3) is 7.30. The highest BCUT2D eigenvalue weighted by Gasteiger charge is 2.30. The minimum absolute atomic E-state index is 0.235. The molecule has 1 fully saturated rings. The van der Waals surface area contributed by atoms with E-state index in [-0.39, 0.29) is 6.42 Å². The molecule has 0 unspecified atom stereocenters. The summed E-state index contributed by atoms with van der Waals surface area (Å²) in [6.45, 7) is 0. The van der Waals surface area contributed by atoms with Crippen LogP contribution in [0.25, 0.3) is 0 Å². The number of allylic oxidation sites excluding steroid dienone is 2. The predicted molar refractivity (Wildman–Crippen MR) is 111 cm³/mol. The number of carboxylic acids is 1. The van der Waals surface area contributed by atoms with E-state index in [4.69, 9.17) is 40.5 Å². The maximum Gasteiger partial charge on any atom is 0.303 e. The average molecular weight is 417 g/mol. The van der Waals surface area contributed by atoms with Crippen LogP contribution < -0.4 is 0 Å². The van der Waals surface area contributed by atoms with Crippen molar-refractivity contribution in [2.45, 2.75) is 43.4 Å². The fraction of sp³-hybridized carbons (Fsp3) is 0.474. The number of aliphatic carboxylic acids is 1. The Labute approximate surface area is 169 Å². The Morgan fingerprint density at radius 2 is 2.00 bits per heavy atom. The first-order valence-corrected chi connectivity index (χ1v) is 10.6. The first kappa shape index (κ1) is 20.8. The molecule has 2 rings (SSSR count). The second-order valence-corrected chi connectivity index (χ2v) is 8.77. The van der Waals surface area contributed by atoms with Gasteiger partial charge < -0.3 is 5.11 Å². The minimum atomic E-state index is -0.729. The minimum Gasteiger partial charge on any atom is -0.481 e. The smallest absolute Gasteiger partial charge is 0.303 e. The molecule has 0 heterocycles. The van der Waals surface area contributed by atoms with E-state index in [0.29, 0.717) is 28.3 Å². The van der Waals surface area contributed by atoms with E-state index in [9.17, 15) is 4.79 Å². The Bertz CT molecular complexity index is 626. The van der Waals surface area contributed by atoms with E-state index < -0.39 is 5.97 Å². The van der Waals surface area contributed by atoms with Gasteiger partial charge in [-0.3, -0.25) is 4.79 Å². The van der Waals surface area contributed by atoms with Gasteiger partial charge in [0.05, 0.1) is 0 Å². The molecular weight excluding hydrogens is 395 g/mol. The van der Waals surface area contributed by atoms with Crippen LogP contribution in [-0.2, 0) is 4.79 Å². The molecule has 0 aromatic heterocycles. The molecular formula is C19H22Cl2O2S2. The highest BCUT2D eigenvalue weighted by atomic mass is 35.5. The molecule has 0 aliphatic heterocycles. The molecule has 0 amide bonds. The molecule has 1 N–H and O–H groups in total. The van der Waals surface area contributed by atoms with Gasteiger partial charge in [0.25, 0.3) is 0 Å². The van der Waals surface area contributed by atoms with Gasteiger partial charge in [-0.1, -0.05) is 47.6 Å². The molecule has 0 spiro atoms. The van der Waals surface area contributed by atoms with Crippen molar-refractivity contribution in [3.8, 4) is 0 Å². The lowest BCUT2D eigenvalue weighted by Crippen LogP contribution is -2.15. The van der Waals surface area contributed by atoms with Crippen LogP contribution in [-0.4, -0.2) is 21.7 Å². The summed E-state index contributed by atoms with van der Waals surface area (Å²) in [6, 6.07) is 5.62. The van der Waals surface area contributed by atoms with Crippen LogP contribution in [0.3, 0.4) is 0 Å². The van der Waals surface area contributed by atoms with Gasteiger partial charge in [0.15, 0.2) is 0 Å². The fourth-order valence-corrected chi connectivity index (χ4v) is 5.47. The van der Waals surface area contributed by atoms with Gasteiger partial charge in [-0.05, 0) is 61.1 Å². The Kier molecular flexibility index (Phi) is 8.77. The van der Waals surface area contributed by atoms with E-state index >= 15 is 0 Å². The summed E-state index contributed by atoms with van der Waals surface area (Å²) in [5.74, 6) is 1.23. The number of rotatable bonds is 9. The molecule has 1 saturated carbocycles. The summed E-state index contributed by atoms with van der Waals surface area (Å²) in [4.78, 5) is 12.7. The Hall–Kier alpha value is -0.550. The number of unbranched alkanes of at least 4 members (excludes halogenated alkanes) is 1. The summed E-state index contributed by atoms with van der Waals surface area (Å²) in [5, 5.41) is 9.95. The number of thioether (sulfide) groups is 1. The van der Waals surface area contributed by atoms with Gasteiger partial charge in [-0.15, -0.1) is 11.8 Å². The van der Waals surface area contributed by atoms with Crippen molar-refractivity contribution < 1.29 is 9.90 Å². The quantitative estimate of drug-likeness (QED) is 0.210. The van der Waals surface area contributed by atoms with Crippen molar-refractivity contribution in [1.82, 2.24) is 0 Å². The second-order valence-electron chi connectivity index (χ2n) is 6.28. The van der Waals surface area contributed by atoms with Crippen molar-refractivity contribution in [3.63, 3.8) is 0 Å². The topological polar surface area (TPSA) is 37.3 Å². The van der Waals surface area contributed by atoms with E-state index in [1.807, 2.05) is 12.1 Å². The lowest BCUT2D eigenvalue weighted by atomic mass is 9.94. The summed E-state index contributed by atoms with van der Waals surface area (Å²) < 4.78 is 0.